The number of aromatic nitrogens is 1. The Morgan fingerprint density at radius 1 is 1.27 bits per heavy atom. The maximum atomic E-state index is 12.5. The molecule has 1 unspecified atom stereocenters. The molecule has 1 fully saturated rings. The van der Waals surface area contributed by atoms with E-state index in [0.717, 1.165) is 12.0 Å². The van der Waals surface area contributed by atoms with Gasteiger partial charge in [-0.05, 0) is 37.9 Å². The van der Waals surface area contributed by atoms with Gasteiger partial charge in [-0.3, -0.25) is 4.90 Å². The molecule has 0 saturated carbocycles. The van der Waals surface area contributed by atoms with Crippen molar-refractivity contribution >= 4 is 29.9 Å². The van der Waals surface area contributed by atoms with Gasteiger partial charge in [0.1, 0.15) is 12.0 Å². The van der Waals surface area contributed by atoms with Gasteiger partial charge in [-0.25, -0.2) is 9.98 Å². The summed E-state index contributed by atoms with van der Waals surface area (Å²) in [6.07, 6.45) is -1.82. The Hall–Kier alpha value is -1.82. The van der Waals surface area contributed by atoms with Crippen LogP contribution in [-0.2, 0) is 6.54 Å². The Kier molecular flexibility index (Phi) is 9.40. The Balaban J connectivity index is 0.00000320. The topological polar surface area (TPSA) is 65.7 Å². The Bertz CT molecular complexity index is 797. The van der Waals surface area contributed by atoms with E-state index in [4.69, 9.17) is 4.42 Å². The van der Waals surface area contributed by atoms with Crippen LogP contribution in [0.25, 0.3) is 11.5 Å². The van der Waals surface area contributed by atoms with Gasteiger partial charge in [-0.2, -0.15) is 13.2 Å². The van der Waals surface area contributed by atoms with Gasteiger partial charge in [0.15, 0.2) is 5.96 Å². The minimum Gasteiger partial charge on any atom is -0.444 e. The lowest BCUT2D eigenvalue weighted by molar-refractivity contribution is -0.143. The minimum atomic E-state index is -4.14. The molecular formula is C20H27F3IN5O. The predicted octanol–water partition coefficient (Wildman–Crippen LogP) is 3.90. The molecule has 1 aromatic carbocycles. The summed E-state index contributed by atoms with van der Waals surface area (Å²) in [6, 6.07) is 9.62. The number of hydrogen-bond acceptors (Lipinski definition) is 4. The highest BCUT2D eigenvalue weighted by Gasteiger charge is 2.34. The number of aliphatic imine (C=N–C) groups is 1. The van der Waals surface area contributed by atoms with Crippen LogP contribution in [0.3, 0.4) is 0 Å². The first-order valence-corrected chi connectivity index (χ1v) is 9.74. The fraction of sp³-hybridized carbons (Fsp3) is 0.500. The number of guanidine groups is 1. The molecule has 0 amide bonds. The summed E-state index contributed by atoms with van der Waals surface area (Å²) in [4.78, 5) is 10.4. The van der Waals surface area contributed by atoms with Crippen molar-refractivity contribution in [3.8, 4) is 11.5 Å². The van der Waals surface area contributed by atoms with Crippen LogP contribution in [0.4, 0.5) is 13.2 Å². The smallest absolute Gasteiger partial charge is 0.401 e. The van der Waals surface area contributed by atoms with Crippen LogP contribution in [-0.4, -0.2) is 54.7 Å². The van der Waals surface area contributed by atoms with Gasteiger partial charge in [0.2, 0.25) is 5.89 Å². The van der Waals surface area contributed by atoms with Crippen molar-refractivity contribution in [1.29, 1.82) is 0 Å². The molecule has 2 heterocycles. The fourth-order valence-corrected chi connectivity index (χ4v) is 3.31. The maximum absolute atomic E-state index is 12.5. The van der Waals surface area contributed by atoms with Crippen LogP contribution in [0.5, 0.6) is 0 Å². The predicted molar refractivity (Wildman–Crippen MR) is 121 cm³/mol. The number of benzene rings is 1. The lowest BCUT2D eigenvalue weighted by Crippen LogP contribution is -2.40. The second-order valence-corrected chi connectivity index (χ2v) is 7.09. The molecule has 0 radical (unpaired) electrons. The van der Waals surface area contributed by atoms with E-state index in [9.17, 15) is 13.2 Å². The summed E-state index contributed by atoms with van der Waals surface area (Å²) in [5.74, 6) is 1.33. The highest BCUT2D eigenvalue weighted by Crippen LogP contribution is 2.22. The van der Waals surface area contributed by atoms with Crippen molar-refractivity contribution in [2.75, 3.05) is 32.7 Å². The molecule has 166 valence electrons. The molecule has 0 spiro atoms. The monoisotopic (exact) mass is 537 g/mol. The first kappa shape index (κ1) is 24.4. The first-order chi connectivity index (χ1) is 13.9. The SMILES string of the molecule is CCNC(=NCc1coc(-c2ccccc2)n1)NCC1CCN(CC(F)(F)F)C1.I. The third-order valence-corrected chi connectivity index (χ3v) is 4.65. The zero-order chi connectivity index (χ0) is 20.7. The number of hydrogen-bond donors (Lipinski definition) is 2. The molecule has 0 aliphatic carbocycles. The number of nitrogens with one attached hydrogen (secondary N) is 2. The van der Waals surface area contributed by atoms with E-state index in [0.29, 0.717) is 50.3 Å². The lowest BCUT2D eigenvalue weighted by atomic mass is 10.1. The van der Waals surface area contributed by atoms with Crippen LogP contribution in [0, 0.1) is 5.92 Å². The lowest BCUT2D eigenvalue weighted by Gasteiger charge is -2.18. The Morgan fingerprint density at radius 3 is 2.73 bits per heavy atom. The summed E-state index contributed by atoms with van der Waals surface area (Å²) in [5.41, 5.74) is 1.61. The minimum absolute atomic E-state index is 0. The molecule has 1 aliphatic rings. The van der Waals surface area contributed by atoms with E-state index >= 15 is 0 Å². The van der Waals surface area contributed by atoms with Crippen molar-refractivity contribution in [2.45, 2.75) is 26.1 Å². The zero-order valence-corrected chi connectivity index (χ0v) is 19.1. The largest absolute Gasteiger partial charge is 0.444 e. The van der Waals surface area contributed by atoms with Crippen molar-refractivity contribution in [2.24, 2.45) is 10.9 Å². The number of alkyl halides is 3. The standard InChI is InChI=1S/C20H26F3N5O.HI/c1-2-24-19(25-10-15-8-9-28(12-15)14-20(21,22)23)26-11-17-13-29-18(27-17)16-6-4-3-5-7-16;/h3-7,13,15H,2,8-12,14H2,1H3,(H2,24,25,26);1H. The van der Waals surface area contributed by atoms with E-state index in [-0.39, 0.29) is 29.9 Å². The molecule has 2 aromatic rings. The number of oxazole rings is 1. The van der Waals surface area contributed by atoms with Crippen LogP contribution in [0.15, 0.2) is 46.0 Å². The second-order valence-electron chi connectivity index (χ2n) is 7.09. The number of halogens is 4. The van der Waals surface area contributed by atoms with Crippen molar-refractivity contribution < 1.29 is 17.6 Å². The van der Waals surface area contributed by atoms with E-state index in [1.54, 1.807) is 6.26 Å². The number of likely N-dealkylation sites (tertiary alicyclic amines) is 1. The van der Waals surface area contributed by atoms with E-state index < -0.39 is 12.7 Å². The summed E-state index contributed by atoms with van der Waals surface area (Å²) >= 11 is 0. The quantitative estimate of drug-likeness (QED) is 0.319. The highest BCUT2D eigenvalue weighted by atomic mass is 127. The fourth-order valence-electron chi connectivity index (χ4n) is 3.31. The third-order valence-electron chi connectivity index (χ3n) is 4.65. The maximum Gasteiger partial charge on any atom is 0.401 e. The molecule has 30 heavy (non-hydrogen) atoms. The third kappa shape index (κ3) is 7.78. The van der Waals surface area contributed by atoms with Gasteiger partial charge < -0.3 is 15.1 Å². The summed E-state index contributed by atoms with van der Waals surface area (Å²) in [5, 5.41) is 6.38. The Labute approximate surface area is 191 Å². The average Bonchev–Trinajstić information content (AvgIpc) is 3.33. The average molecular weight is 537 g/mol. The van der Waals surface area contributed by atoms with Gasteiger partial charge in [-0.1, -0.05) is 18.2 Å². The van der Waals surface area contributed by atoms with E-state index in [1.165, 1.54) is 4.90 Å². The van der Waals surface area contributed by atoms with Gasteiger partial charge in [0.05, 0.1) is 13.1 Å². The van der Waals surface area contributed by atoms with Crippen molar-refractivity contribution in [3.05, 3.63) is 42.3 Å². The molecule has 1 aliphatic heterocycles. The van der Waals surface area contributed by atoms with Crippen LogP contribution in [0.2, 0.25) is 0 Å². The van der Waals surface area contributed by atoms with Crippen LogP contribution >= 0.6 is 24.0 Å². The van der Waals surface area contributed by atoms with E-state index in [1.807, 2.05) is 37.3 Å². The Morgan fingerprint density at radius 2 is 2.03 bits per heavy atom. The zero-order valence-electron chi connectivity index (χ0n) is 16.8. The van der Waals surface area contributed by atoms with E-state index in [2.05, 4.69) is 20.6 Å². The molecule has 3 rings (SSSR count). The van der Waals surface area contributed by atoms with Gasteiger partial charge >= 0.3 is 6.18 Å². The molecule has 1 aromatic heterocycles. The number of rotatable bonds is 7. The molecular weight excluding hydrogens is 510 g/mol. The van der Waals surface area contributed by atoms with Gasteiger partial charge in [-0.15, -0.1) is 24.0 Å². The number of nitrogens with zero attached hydrogens (tertiary/aromatic N) is 3. The first-order valence-electron chi connectivity index (χ1n) is 9.74. The van der Waals surface area contributed by atoms with Crippen molar-refractivity contribution in [3.63, 3.8) is 0 Å². The molecule has 2 N–H and O–H groups in total. The van der Waals surface area contributed by atoms with Crippen LogP contribution < -0.4 is 10.6 Å². The molecule has 6 nitrogen and oxygen atoms in total. The summed E-state index contributed by atoms with van der Waals surface area (Å²) in [6.45, 7) is 3.64. The molecule has 1 saturated heterocycles. The van der Waals surface area contributed by atoms with Crippen molar-refractivity contribution in [1.82, 2.24) is 20.5 Å². The van der Waals surface area contributed by atoms with Crippen LogP contribution in [0.1, 0.15) is 19.0 Å². The summed E-state index contributed by atoms with van der Waals surface area (Å²) < 4.78 is 43.1. The van der Waals surface area contributed by atoms with Gasteiger partial charge in [0, 0.05) is 25.2 Å². The summed E-state index contributed by atoms with van der Waals surface area (Å²) in [7, 11) is 0. The molecule has 10 heteroatoms. The second kappa shape index (κ2) is 11.5. The highest BCUT2D eigenvalue weighted by molar-refractivity contribution is 14.0. The molecule has 0 bridgehead atoms. The molecule has 1 atom stereocenters. The normalized spacial score (nSPS) is 17.6. The van der Waals surface area contributed by atoms with Gasteiger partial charge in [0.25, 0.3) is 0 Å².